The third-order valence-electron chi connectivity index (χ3n) is 4.34. The van der Waals surface area contributed by atoms with Gasteiger partial charge in [0, 0.05) is 11.4 Å². The Hall–Kier alpha value is -1.18. The second-order valence-electron chi connectivity index (χ2n) is 6.19. The van der Waals surface area contributed by atoms with Crippen molar-refractivity contribution in [2.75, 3.05) is 37.8 Å². The van der Waals surface area contributed by atoms with Crippen LogP contribution in [-0.2, 0) is 0 Å². The molecule has 0 aliphatic carbocycles. The SMILES string of the molecule is CCSc1cccc(NCC2(C)CCN(C)CC2)c1C#N. The quantitative estimate of drug-likeness (QED) is 0.840. The number of benzene rings is 1. The largest absolute Gasteiger partial charge is 0.383 e. The van der Waals surface area contributed by atoms with E-state index in [4.69, 9.17) is 0 Å². The van der Waals surface area contributed by atoms with Gasteiger partial charge in [0.25, 0.3) is 0 Å². The molecule has 0 bridgehead atoms. The number of anilines is 1. The molecule has 21 heavy (non-hydrogen) atoms. The molecule has 0 unspecified atom stereocenters. The number of piperidine rings is 1. The van der Waals surface area contributed by atoms with Crippen molar-refractivity contribution in [1.29, 1.82) is 5.26 Å². The second kappa shape index (κ2) is 7.20. The van der Waals surface area contributed by atoms with Crippen molar-refractivity contribution < 1.29 is 0 Å². The fraction of sp³-hybridized carbons (Fsp3) is 0.588. The Bertz CT molecular complexity index is 513. The van der Waals surface area contributed by atoms with Crippen LogP contribution >= 0.6 is 11.8 Å². The molecular formula is C17H25N3S. The molecule has 0 amide bonds. The van der Waals surface area contributed by atoms with E-state index in [1.807, 2.05) is 18.2 Å². The van der Waals surface area contributed by atoms with Gasteiger partial charge in [0.2, 0.25) is 0 Å². The minimum atomic E-state index is 0.327. The molecule has 1 aromatic carbocycles. The van der Waals surface area contributed by atoms with Gasteiger partial charge in [-0.2, -0.15) is 5.26 Å². The maximum atomic E-state index is 9.45. The highest BCUT2D eigenvalue weighted by Crippen LogP contribution is 2.32. The Labute approximate surface area is 132 Å². The summed E-state index contributed by atoms with van der Waals surface area (Å²) in [5, 5.41) is 13.0. The van der Waals surface area contributed by atoms with E-state index in [2.05, 4.69) is 37.2 Å². The van der Waals surface area contributed by atoms with Crippen LogP contribution in [0, 0.1) is 16.7 Å². The first-order valence-corrected chi connectivity index (χ1v) is 8.65. The van der Waals surface area contributed by atoms with E-state index in [1.54, 1.807) is 11.8 Å². The van der Waals surface area contributed by atoms with Crippen molar-refractivity contribution in [3.63, 3.8) is 0 Å². The van der Waals surface area contributed by atoms with Crippen molar-refractivity contribution in [2.45, 2.75) is 31.6 Å². The zero-order valence-corrected chi connectivity index (χ0v) is 14.1. The first kappa shape index (κ1) is 16.2. The molecule has 0 radical (unpaired) electrons. The Morgan fingerprint density at radius 2 is 2.10 bits per heavy atom. The average molecular weight is 303 g/mol. The van der Waals surface area contributed by atoms with Gasteiger partial charge < -0.3 is 10.2 Å². The topological polar surface area (TPSA) is 39.1 Å². The van der Waals surface area contributed by atoms with Crippen molar-refractivity contribution in [3.05, 3.63) is 23.8 Å². The Kier molecular flexibility index (Phi) is 5.55. The third-order valence-corrected chi connectivity index (χ3v) is 5.28. The molecule has 1 aliphatic rings. The molecule has 1 saturated heterocycles. The molecule has 1 heterocycles. The van der Waals surface area contributed by atoms with E-state index in [0.29, 0.717) is 5.41 Å². The molecule has 114 valence electrons. The molecule has 1 aromatic rings. The number of nitrogens with zero attached hydrogens (tertiary/aromatic N) is 2. The molecule has 2 rings (SSSR count). The number of hydrogen-bond donors (Lipinski definition) is 1. The third kappa shape index (κ3) is 4.15. The van der Waals surface area contributed by atoms with Gasteiger partial charge in [-0.05, 0) is 56.3 Å². The number of likely N-dealkylation sites (tertiary alicyclic amines) is 1. The summed E-state index contributed by atoms with van der Waals surface area (Å²) >= 11 is 1.73. The summed E-state index contributed by atoms with van der Waals surface area (Å²) < 4.78 is 0. The number of rotatable bonds is 5. The first-order valence-electron chi connectivity index (χ1n) is 7.66. The molecule has 1 N–H and O–H groups in total. The van der Waals surface area contributed by atoms with Crippen LogP contribution in [0.4, 0.5) is 5.69 Å². The molecule has 0 aromatic heterocycles. The molecule has 1 aliphatic heterocycles. The average Bonchev–Trinajstić information content (AvgIpc) is 2.49. The van der Waals surface area contributed by atoms with Crippen LogP contribution in [0.25, 0.3) is 0 Å². The second-order valence-corrected chi connectivity index (χ2v) is 7.50. The Morgan fingerprint density at radius 1 is 1.38 bits per heavy atom. The van der Waals surface area contributed by atoms with Crippen molar-refractivity contribution >= 4 is 17.4 Å². The molecule has 0 atom stereocenters. The van der Waals surface area contributed by atoms with Gasteiger partial charge in [-0.1, -0.05) is 19.9 Å². The van der Waals surface area contributed by atoms with Crippen LogP contribution in [0.1, 0.15) is 32.3 Å². The van der Waals surface area contributed by atoms with E-state index in [0.717, 1.165) is 41.5 Å². The minimum absolute atomic E-state index is 0.327. The Morgan fingerprint density at radius 3 is 2.71 bits per heavy atom. The van der Waals surface area contributed by atoms with E-state index < -0.39 is 0 Å². The molecule has 1 fully saturated rings. The number of nitriles is 1. The van der Waals surface area contributed by atoms with Crippen LogP contribution in [0.15, 0.2) is 23.1 Å². The van der Waals surface area contributed by atoms with Crippen LogP contribution in [0.2, 0.25) is 0 Å². The molecule has 4 heteroatoms. The maximum absolute atomic E-state index is 9.45. The summed E-state index contributed by atoms with van der Waals surface area (Å²) in [5.41, 5.74) is 2.10. The van der Waals surface area contributed by atoms with Gasteiger partial charge in [0.1, 0.15) is 6.07 Å². The van der Waals surface area contributed by atoms with E-state index in [1.165, 1.54) is 12.8 Å². The van der Waals surface area contributed by atoms with Crippen LogP contribution < -0.4 is 5.32 Å². The van der Waals surface area contributed by atoms with Gasteiger partial charge in [0.05, 0.1) is 11.3 Å². The summed E-state index contributed by atoms with van der Waals surface area (Å²) in [5.74, 6) is 0.988. The number of nitrogens with one attached hydrogen (secondary N) is 1. The lowest BCUT2D eigenvalue weighted by molar-refractivity contribution is 0.150. The molecule has 0 spiro atoms. The zero-order chi connectivity index (χ0) is 15.3. The summed E-state index contributed by atoms with van der Waals surface area (Å²) in [4.78, 5) is 3.47. The predicted octanol–water partition coefficient (Wildman–Crippen LogP) is 3.81. The Balaban J connectivity index is 2.06. The van der Waals surface area contributed by atoms with Crippen LogP contribution in [0.3, 0.4) is 0 Å². The van der Waals surface area contributed by atoms with Gasteiger partial charge in [-0.15, -0.1) is 11.8 Å². The summed E-state index contributed by atoms with van der Waals surface area (Å²) in [7, 11) is 2.19. The number of hydrogen-bond acceptors (Lipinski definition) is 4. The monoisotopic (exact) mass is 303 g/mol. The normalized spacial score (nSPS) is 18.2. The fourth-order valence-electron chi connectivity index (χ4n) is 2.71. The zero-order valence-electron chi connectivity index (χ0n) is 13.3. The molecule has 3 nitrogen and oxygen atoms in total. The van der Waals surface area contributed by atoms with Crippen molar-refractivity contribution in [3.8, 4) is 6.07 Å². The van der Waals surface area contributed by atoms with Gasteiger partial charge in [0.15, 0.2) is 0 Å². The van der Waals surface area contributed by atoms with E-state index in [9.17, 15) is 5.26 Å². The molecule has 0 saturated carbocycles. The van der Waals surface area contributed by atoms with Crippen molar-refractivity contribution in [2.24, 2.45) is 5.41 Å². The standard InChI is InChI=1S/C17H25N3S/c1-4-21-16-7-5-6-15(14(16)12-18)19-13-17(2)8-10-20(3)11-9-17/h5-7,19H,4,8-11,13H2,1-3H3. The predicted molar refractivity (Wildman–Crippen MR) is 90.9 cm³/mol. The minimum Gasteiger partial charge on any atom is -0.383 e. The summed E-state index contributed by atoms with van der Waals surface area (Å²) in [6.45, 7) is 7.73. The lowest BCUT2D eigenvalue weighted by Gasteiger charge is -2.38. The highest BCUT2D eigenvalue weighted by Gasteiger charge is 2.28. The number of thioether (sulfide) groups is 1. The smallest absolute Gasteiger partial charge is 0.102 e. The fourth-order valence-corrected chi connectivity index (χ4v) is 3.50. The van der Waals surface area contributed by atoms with Crippen LogP contribution in [0.5, 0.6) is 0 Å². The highest BCUT2D eigenvalue weighted by molar-refractivity contribution is 7.99. The van der Waals surface area contributed by atoms with Gasteiger partial charge >= 0.3 is 0 Å². The summed E-state index contributed by atoms with van der Waals surface area (Å²) in [6, 6.07) is 8.47. The van der Waals surface area contributed by atoms with Crippen LogP contribution in [-0.4, -0.2) is 37.3 Å². The van der Waals surface area contributed by atoms with Gasteiger partial charge in [-0.25, -0.2) is 0 Å². The maximum Gasteiger partial charge on any atom is 0.102 e. The van der Waals surface area contributed by atoms with E-state index >= 15 is 0 Å². The molecular weight excluding hydrogens is 278 g/mol. The van der Waals surface area contributed by atoms with E-state index in [-0.39, 0.29) is 0 Å². The first-order chi connectivity index (χ1) is 10.1. The lowest BCUT2D eigenvalue weighted by Crippen LogP contribution is -2.40. The van der Waals surface area contributed by atoms with Crippen molar-refractivity contribution in [1.82, 2.24) is 4.90 Å². The van der Waals surface area contributed by atoms with Gasteiger partial charge in [-0.3, -0.25) is 0 Å². The lowest BCUT2D eigenvalue weighted by atomic mass is 9.80. The highest BCUT2D eigenvalue weighted by atomic mass is 32.2. The summed E-state index contributed by atoms with van der Waals surface area (Å²) in [6.07, 6.45) is 2.42.